The Morgan fingerprint density at radius 2 is 2.20 bits per heavy atom. The molecule has 0 spiro atoms. The minimum Gasteiger partial charge on any atom is -0.370 e. The summed E-state index contributed by atoms with van der Waals surface area (Å²) in [5, 5.41) is 6.97. The van der Waals surface area contributed by atoms with Crippen molar-refractivity contribution in [1.29, 1.82) is 5.41 Å². The van der Waals surface area contributed by atoms with Crippen molar-refractivity contribution in [1.82, 2.24) is 4.90 Å². The second-order valence-electron chi connectivity index (χ2n) is 2.06. The highest BCUT2D eigenvalue weighted by atomic mass is 16.2. The number of carbonyl (C=O) groups is 1. The van der Waals surface area contributed by atoms with E-state index in [1.54, 1.807) is 0 Å². The fourth-order valence-electron chi connectivity index (χ4n) is 0.671. The van der Waals surface area contributed by atoms with Crippen LogP contribution in [-0.4, -0.2) is 23.3 Å². The van der Waals surface area contributed by atoms with E-state index in [0.29, 0.717) is 6.54 Å². The van der Waals surface area contributed by atoms with Crippen LogP contribution in [0.1, 0.15) is 20.3 Å². The molecule has 3 N–H and O–H groups in total. The molecule has 4 nitrogen and oxygen atoms in total. The molecule has 0 aliphatic rings. The number of rotatable bonds is 2. The Balaban J connectivity index is 3.98. The maximum Gasteiger partial charge on any atom is 0.226 e. The normalized spacial score (nSPS) is 9.00. The van der Waals surface area contributed by atoms with Gasteiger partial charge in [0.15, 0.2) is 5.96 Å². The number of guanidine groups is 1. The Kier molecular flexibility index (Phi) is 3.46. The predicted octanol–water partition coefficient (Wildman–Crippen LogP) is 0.138. The van der Waals surface area contributed by atoms with Gasteiger partial charge in [0.25, 0.3) is 0 Å². The average molecular weight is 143 g/mol. The largest absolute Gasteiger partial charge is 0.370 e. The first kappa shape index (κ1) is 8.94. The van der Waals surface area contributed by atoms with Crippen LogP contribution in [0.4, 0.5) is 0 Å². The van der Waals surface area contributed by atoms with Crippen LogP contribution in [-0.2, 0) is 4.79 Å². The lowest BCUT2D eigenvalue weighted by Crippen LogP contribution is -2.40. The third-order valence-corrected chi connectivity index (χ3v) is 1.12. The molecule has 0 bridgehead atoms. The number of hydrogen-bond acceptors (Lipinski definition) is 2. The molecule has 0 heterocycles. The molecule has 4 heteroatoms. The van der Waals surface area contributed by atoms with Crippen molar-refractivity contribution in [2.24, 2.45) is 5.73 Å². The van der Waals surface area contributed by atoms with Gasteiger partial charge in [0.1, 0.15) is 0 Å². The van der Waals surface area contributed by atoms with Gasteiger partial charge >= 0.3 is 0 Å². The van der Waals surface area contributed by atoms with E-state index in [0.717, 1.165) is 6.42 Å². The number of amides is 1. The summed E-state index contributed by atoms with van der Waals surface area (Å²) < 4.78 is 0. The summed E-state index contributed by atoms with van der Waals surface area (Å²) in [4.78, 5) is 11.9. The molecule has 1 amide bonds. The zero-order chi connectivity index (χ0) is 8.15. The van der Waals surface area contributed by atoms with Gasteiger partial charge < -0.3 is 5.73 Å². The number of carbonyl (C=O) groups excluding carboxylic acids is 1. The Bertz CT molecular complexity index is 130. The fourth-order valence-corrected chi connectivity index (χ4v) is 0.671. The zero-order valence-electron chi connectivity index (χ0n) is 6.35. The lowest BCUT2D eigenvalue weighted by atomic mass is 10.4. The van der Waals surface area contributed by atoms with Gasteiger partial charge in [-0.05, 0) is 6.42 Å². The summed E-state index contributed by atoms with van der Waals surface area (Å²) in [5.41, 5.74) is 5.11. The molecular formula is C6H13N3O. The van der Waals surface area contributed by atoms with Gasteiger partial charge in [-0.2, -0.15) is 0 Å². The first-order valence-corrected chi connectivity index (χ1v) is 3.21. The molecule has 0 radical (unpaired) electrons. The van der Waals surface area contributed by atoms with Gasteiger partial charge in [0.05, 0.1) is 0 Å². The first-order valence-electron chi connectivity index (χ1n) is 3.21. The predicted molar refractivity (Wildman–Crippen MR) is 39.6 cm³/mol. The summed E-state index contributed by atoms with van der Waals surface area (Å²) in [6.07, 6.45) is 0.819. The lowest BCUT2D eigenvalue weighted by Gasteiger charge is -2.16. The molecule has 0 fully saturated rings. The molecule has 0 unspecified atom stereocenters. The molecule has 0 rings (SSSR count). The van der Waals surface area contributed by atoms with Crippen LogP contribution in [0.25, 0.3) is 0 Å². The van der Waals surface area contributed by atoms with Crippen molar-refractivity contribution < 1.29 is 4.79 Å². The van der Waals surface area contributed by atoms with E-state index in [1.807, 2.05) is 6.92 Å². The monoisotopic (exact) mass is 143 g/mol. The van der Waals surface area contributed by atoms with Crippen LogP contribution in [0, 0.1) is 5.41 Å². The highest BCUT2D eigenvalue weighted by molar-refractivity contribution is 5.93. The highest BCUT2D eigenvalue weighted by Crippen LogP contribution is 1.89. The Labute approximate surface area is 60.5 Å². The van der Waals surface area contributed by atoms with Crippen LogP contribution in [0.5, 0.6) is 0 Å². The third-order valence-electron chi connectivity index (χ3n) is 1.12. The molecule has 0 aliphatic heterocycles. The molecule has 0 aromatic heterocycles. The fraction of sp³-hybridized carbons (Fsp3) is 0.667. The molecule has 0 aromatic rings. The number of nitrogens with zero attached hydrogens (tertiary/aromatic N) is 1. The van der Waals surface area contributed by atoms with E-state index in [2.05, 4.69) is 0 Å². The smallest absolute Gasteiger partial charge is 0.226 e. The Hall–Kier alpha value is -1.06. The van der Waals surface area contributed by atoms with Gasteiger partial charge in [0, 0.05) is 13.5 Å². The SMILES string of the molecule is CCCN(C(=N)N)C(C)=O. The molecule has 10 heavy (non-hydrogen) atoms. The second kappa shape index (κ2) is 3.87. The molecule has 0 aliphatic carbocycles. The maximum atomic E-state index is 10.7. The van der Waals surface area contributed by atoms with E-state index in [9.17, 15) is 4.79 Å². The third kappa shape index (κ3) is 2.48. The number of nitrogens with one attached hydrogen (secondary N) is 1. The molecule has 58 valence electrons. The van der Waals surface area contributed by atoms with Crippen LogP contribution in [0.15, 0.2) is 0 Å². The van der Waals surface area contributed by atoms with Gasteiger partial charge in [0.2, 0.25) is 5.91 Å². The number of hydrogen-bond donors (Lipinski definition) is 2. The quantitative estimate of drug-likeness (QED) is 0.426. The number of nitrogens with two attached hydrogens (primary N) is 1. The summed E-state index contributed by atoms with van der Waals surface area (Å²) in [6.45, 7) is 3.86. The molecule has 0 saturated carbocycles. The zero-order valence-corrected chi connectivity index (χ0v) is 6.35. The van der Waals surface area contributed by atoms with Gasteiger partial charge in [-0.15, -0.1) is 0 Å². The summed E-state index contributed by atoms with van der Waals surface area (Å²) >= 11 is 0. The Morgan fingerprint density at radius 1 is 1.70 bits per heavy atom. The van der Waals surface area contributed by atoms with Crippen LogP contribution in [0.2, 0.25) is 0 Å². The molecular weight excluding hydrogens is 130 g/mol. The summed E-state index contributed by atoms with van der Waals surface area (Å²) in [6, 6.07) is 0. The van der Waals surface area contributed by atoms with Crippen molar-refractivity contribution >= 4 is 11.9 Å². The minimum atomic E-state index is -0.172. The molecule has 0 saturated heterocycles. The van der Waals surface area contributed by atoms with E-state index < -0.39 is 0 Å². The molecule has 0 atom stereocenters. The second-order valence-corrected chi connectivity index (χ2v) is 2.06. The van der Waals surface area contributed by atoms with Gasteiger partial charge in [-0.1, -0.05) is 6.92 Å². The van der Waals surface area contributed by atoms with Crippen LogP contribution in [0.3, 0.4) is 0 Å². The van der Waals surface area contributed by atoms with Crippen molar-refractivity contribution in [2.45, 2.75) is 20.3 Å². The summed E-state index contributed by atoms with van der Waals surface area (Å²) in [5.74, 6) is -0.344. The minimum absolute atomic E-state index is 0.172. The van der Waals surface area contributed by atoms with Gasteiger partial charge in [-0.25, -0.2) is 0 Å². The summed E-state index contributed by atoms with van der Waals surface area (Å²) in [7, 11) is 0. The van der Waals surface area contributed by atoms with Crippen molar-refractivity contribution in [3.05, 3.63) is 0 Å². The van der Waals surface area contributed by atoms with Crippen molar-refractivity contribution in [3.63, 3.8) is 0 Å². The lowest BCUT2D eigenvalue weighted by molar-refractivity contribution is -0.125. The van der Waals surface area contributed by atoms with E-state index >= 15 is 0 Å². The standard InChI is InChI=1S/C6H13N3O/c1-3-4-9(5(2)10)6(7)8/h3-4H2,1-2H3,(H3,7,8). The van der Waals surface area contributed by atoms with E-state index in [1.165, 1.54) is 11.8 Å². The van der Waals surface area contributed by atoms with Crippen molar-refractivity contribution in [3.8, 4) is 0 Å². The van der Waals surface area contributed by atoms with Crippen LogP contribution < -0.4 is 5.73 Å². The molecule has 0 aromatic carbocycles. The van der Waals surface area contributed by atoms with E-state index in [-0.39, 0.29) is 11.9 Å². The maximum absolute atomic E-state index is 10.7. The average Bonchev–Trinajstić information content (AvgIpc) is 1.81. The van der Waals surface area contributed by atoms with Gasteiger partial charge in [-0.3, -0.25) is 15.1 Å². The first-order chi connectivity index (χ1) is 4.59. The van der Waals surface area contributed by atoms with Crippen molar-refractivity contribution in [2.75, 3.05) is 6.54 Å². The van der Waals surface area contributed by atoms with E-state index in [4.69, 9.17) is 11.1 Å². The topological polar surface area (TPSA) is 70.2 Å². The highest BCUT2D eigenvalue weighted by Gasteiger charge is 2.08. The van der Waals surface area contributed by atoms with Crippen LogP contribution >= 0.6 is 0 Å². The Morgan fingerprint density at radius 3 is 2.30 bits per heavy atom.